The molecule has 3 rings (SSSR count). The van der Waals surface area contributed by atoms with Crippen LogP contribution in [-0.2, 0) is 26.2 Å². The predicted molar refractivity (Wildman–Crippen MR) is 147 cm³/mol. The van der Waals surface area contributed by atoms with E-state index < -0.39 is 28.5 Å². The Morgan fingerprint density at radius 3 is 2.11 bits per heavy atom. The van der Waals surface area contributed by atoms with Crippen molar-refractivity contribution < 1.29 is 18.0 Å². The molecule has 2 amide bonds. The number of hydrogen-bond acceptors (Lipinski definition) is 4. The molecular formula is C29H35N3O4S. The van der Waals surface area contributed by atoms with E-state index in [0.29, 0.717) is 12.2 Å². The summed E-state index contributed by atoms with van der Waals surface area (Å²) in [6, 6.07) is 23.4. The maximum Gasteiger partial charge on any atom is 0.264 e. The van der Waals surface area contributed by atoms with E-state index in [1.807, 2.05) is 38.1 Å². The van der Waals surface area contributed by atoms with Gasteiger partial charge in [0.15, 0.2) is 0 Å². The van der Waals surface area contributed by atoms with Crippen LogP contribution in [0.25, 0.3) is 0 Å². The van der Waals surface area contributed by atoms with Crippen LogP contribution in [0.2, 0.25) is 0 Å². The zero-order valence-electron chi connectivity index (χ0n) is 21.6. The first kappa shape index (κ1) is 27.9. The summed E-state index contributed by atoms with van der Waals surface area (Å²) < 4.78 is 28.4. The zero-order chi connectivity index (χ0) is 26.8. The van der Waals surface area contributed by atoms with Gasteiger partial charge in [-0.05, 0) is 55.7 Å². The minimum absolute atomic E-state index is 0.0856. The van der Waals surface area contributed by atoms with Gasteiger partial charge in [0.1, 0.15) is 12.6 Å². The molecule has 1 N–H and O–H groups in total. The number of rotatable bonds is 12. The number of nitrogens with one attached hydrogen (secondary N) is 1. The van der Waals surface area contributed by atoms with E-state index in [2.05, 4.69) is 5.32 Å². The lowest BCUT2D eigenvalue weighted by Crippen LogP contribution is -2.51. The molecule has 0 spiro atoms. The molecule has 0 aliphatic carbocycles. The van der Waals surface area contributed by atoms with Crippen LogP contribution in [0.1, 0.15) is 37.8 Å². The van der Waals surface area contributed by atoms with Crippen LogP contribution < -0.4 is 9.62 Å². The van der Waals surface area contributed by atoms with Gasteiger partial charge in [-0.2, -0.15) is 0 Å². The highest BCUT2D eigenvalue weighted by Gasteiger charge is 2.32. The molecule has 0 bridgehead atoms. The van der Waals surface area contributed by atoms with Crippen LogP contribution in [0.15, 0.2) is 89.8 Å². The number of nitrogens with zero attached hydrogens (tertiary/aromatic N) is 2. The van der Waals surface area contributed by atoms with Gasteiger partial charge < -0.3 is 10.2 Å². The molecule has 0 radical (unpaired) electrons. The summed E-state index contributed by atoms with van der Waals surface area (Å²) in [5.41, 5.74) is 2.24. The standard InChI is InChI=1S/C29H35N3O4S/c1-4-5-20-30-29(34)24(3)31(21-25-15-13-12-14-23(25)2)28(33)22-32(26-16-8-6-9-17-26)37(35,36)27-18-10-7-11-19-27/h6-19,24H,4-5,20-22H2,1-3H3,(H,30,34)/t24-/m1/s1. The lowest BCUT2D eigenvalue weighted by Gasteiger charge is -2.32. The van der Waals surface area contributed by atoms with Crippen LogP contribution >= 0.6 is 0 Å². The third-order valence-electron chi connectivity index (χ3n) is 6.25. The third-order valence-corrected chi connectivity index (χ3v) is 8.04. The van der Waals surface area contributed by atoms with Crippen LogP contribution in [0.3, 0.4) is 0 Å². The molecule has 3 aromatic rings. The number of carbonyl (C=O) groups is 2. The molecule has 0 unspecified atom stereocenters. The minimum atomic E-state index is -4.04. The van der Waals surface area contributed by atoms with Crippen LogP contribution in [0, 0.1) is 6.92 Å². The van der Waals surface area contributed by atoms with E-state index in [1.165, 1.54) is 17.0 Å². The van der Waals surface area contributed by atoms with Crippen molar-refractivity contribution >= 4 is 27.5 Å². The van der Waals surface area contributed by atoms with Crippen molar-refractivity contribution in [3.8, 4) is 0 Å². The Labute approximate surface area is 220 Å². The van der Waals surface area contributed by atoms with Crippen molar-refractivity contribution in [3.63, 3.8) is 0 Å². The van der Waals surface area contributed by atoms with Gasteiger partial charge in [0, 0.05) is 13.1 Å². The number of para-hydroxylation sites is 1. The van der Waals surface area contributed by atoms with Crippen molar-refractivity contribution in [1.29, 1.82) is 0 Å². The maximum atomic E-state index is 13.8. The minimum Gasteiger partial charge on any atom is -0.354 e. The highest BCUT2D eigenvalue weighted by atomic mass is 32.2. The highest BCUT2D eigenvalue weighted by Crippen LogP contribution is 2.24. The highest BCUT2D eigenvalue weighted by molar-refractivity contribution is 7.92. The van der Waals surface area contributed by atoms with E-state index >= 15 is 0 Å². The summed E-state index contributed by atoms with van der Waals surface area (Å²) in [4.78, 5) is 28.4. The summed E-state index contributed by atoms with van der Waals surface area (Å²) in [6.45, 7) is 5.91. The van der Waals surface area contributed by atoms with Crippen molar-refractivity contribution in [2.75, 3.05) is 17.4 Å². The first-order valence-electron chi connectivity index (χ1n) is 12.5. The Morgan fingerprint density at radius 1 is 0.892 bits per heavy atom. The number of benzene rings is 3. The number of sulfonamides is 1. The molecule has 8 heteroatoms. The van der Waals surface area contributed by atoms with Crippen LogP contribution in [0.4, 0.5) is 5.69 Å². The molecule has 3 aromatic carbocycles. The lowest BCUT2D eigenvalue weighted by atomic mass is 10.1. The molecule has 196 valence electrons. The first-order chi connectivity index (χ1) is 17.8. The van der Waals surface area contributed by atoms with Crippen LogP contribution in [0.5, 0.6) is 0 Å². The molecule has 0 aromatic heterocycles. The maximum absolute atomic E-state index is 13.8. The van der Waals surface area contributed by atoms with Crippen molar-refractivity contribution in [2.24, 2.45) is 0 Å². The quantitative estimate of drug-likeness (QED) is 0.355. The Bertz CT molecular complexity index is 1280. The van der Waals surface area contributed by atoms with Gasteiger partial charge in [-0.1, -0.05) is 74.0 Å². The SMILES string of the molecule is CCCCNC(=O)[C@@H](C)N(Cc1ccccc1C)C(=O)CN(c1ccccc1)S(=O)(=O)c1ccccc1. The fourth-order valence-corrected chi connectivity index (χ4v) is 5.37. The monoisotopic (exact) mass is 521 g/mol. The molecule has 0 aliphatic heterocycles. The molecule has 37 heavy (non-hydrogen) atoms. The number of hydrogen-bond donors (Lipinski definition) is 1. The second-order valence-electron chi connectivity index (χ2n) is 8.93. The average Bonchev–Trinajstić information content (AvgIpc) is 2.91. The fourth-order valence-electron chi connectivity index (χ4n) is 3.93. The third kappa shape index (κ3) is 7.20. The number of aryl methyl sites for hydroxylation is 1. The molecule has 0 saturated heterocycles. The Balaban J connectivity index is 1.97. The first-order valence-corrected chi connectivity index (χ1v) is 13.9. The Hall–Kier alpha value is -3.65. The summed E-state index contributed by atoms with van der Waals surface area (Å²) >= 11 is 0. The van der Waals surface area contributed by atoms with Crippen molar-refractivity contribution in [1.82, 2.24) is 10.2 Å². The number of anilines is 1. The molecule has 0 aliphatic rings. The van der Waals surface area contributed by atoms with Gasteiger partial charge in [0.2, 0.25) is 11.8 Å². The smallest absolute Gasteiger partial charge is 0.264 e. The van der Waals surface area contributed by atoms with Gasteiger partial charge in [0.25, 0.3) is 10.0 Å². The Morgan fingerprint density at radius 2 is 1.49 bits per heavy atom. The molecule has 0 heterocycles. The van der Waals surface area contributed by atoms with E-state index in [9.17, 15) is 18.0 Å². The molecule has 7 nitrogen and oxygen atoms in total. The number of carbonyl (C=O) groups excluding carboxylic acids is 2. The second kappa shape index (κ2) is 13.1. The summed E-state index contributed by atoms with van der Waals surface area (Å²) in [5, 5.41) is 2.90. The van der Waals surface area contributed by atoms with Gasteiger partial charge in [-0.15, -0.1) is 0 Å². The van der Waals surface area contributed by atoms with Crippen molar-refractivity contribution in [2.45, 2.75) is 51.1 Å². The summed E-state index contributed by atoms with van der Waals surface area (Å²) in [7, 11) is -4.04. The topological polar surface area (TPSA) is 86.8 Å². The van der Waals surface area contributed by atoms with Gasteiger partial charge in [-0.3, -0.25) is 13.9 Å². The number of amides is 2. The predicted octanol–water partition coefficient (Wildman–Crippen LogP) is 4.52. The average molecular weight is 522 g/mol. The lowest BCUT2D eigenvalue weighted by molar-refractivity contribution is -0.139. The van der Waals surface area contributed by atoms with E-state index in [4.69, 9.17) is 0 Å². The Kier molecular flexibility index (Phi) is 9.85. The normalized spacial score (nSPS) is 12.0. The van der Waals surface area contributed by atoms with E-state index in [1.54, 1.807) is 55.5 Å². The second-order valence-corrected chi connectivity index (χ2v) is 10.8. The fraction of sp³-hybridized carbons (Fsp3) is 0.310. The molecular weight excluding hydrogens is 486 g/mol. The van der Waals surface area contributed by atoms with Gasteiger partial charge >= 0.3 is 0 Å². The molecule has 1 atom stereocenters. The largest absolute Gasteiger partial charge is 0.354 e. The van der Waals surface area contributed by atoms with E-state index in [-0.39, 0.29) is 17.3 Å². The molecule has 0 fully saturated rings. The van der Waals surface area contributed by atoms with Crippen LogP contribution in [-0.4, -0.2) is 44.3 Å². The van der Waals surface area contributed by atoms with Gasteiger partial charge in [-0.25, -0.2) is 8.42 Å². The summed E-state index contributed by atoms with van der Waals surface area (Å²) in [5.74, 6) is -0.739. The zero-order valence-corrected chi connectivity index (χ0v) is 22.4. The van der Waals surface area contributed by atoms with E-state index in [0.717, 1.165) is 28.3 Å². The van der Waals surface area contributed by atoms with Crippen molar-refractivity contribution in [3.05, 3.63) is 96.1 Å². The molecule has 0 saturated carbocycles. The van der Waals surface area contributed by atoms with Gasteiger partial charge in [0.05, 0.1) is 10.6 Å². The number of unbranched alkanes of at least 4 members (excludes halogenated alkanes) is 1. The summed E-state index contributed by atoms with van der Waals surface area (Å²) in [6.07, 6.45) is 1.77.